The fourth-order valence-electron chi connectivity index (χ4n) is 2.69. The zero-order valence-electron chi connectivity index (χ0n) is 17.3. The quantitative estimate of drug-likeness (QED) is 0.418. The third-order valence-corrected chi connectivity index (χ3v) is 4.47. The number of primary amides is 1. The van der Waals surface area contributed by atoms with E-state index < -0.39 is 12.0 Å². The smallest absolute Gasteiger partial charge is 0.254 e. The molecule has 2 amide bonds. The number of benzene rings is 2. The summed E-state index contributed by atoms with van der Waals surface area (Å²) < 4.78 is 5.02. The standard InChI is InChI=1S/C22H24N6O3/c1-14(31-2)21(30)26-16-9-6-10-17(11-16)27-22-25-13-18(19(23)29)20(28-22)24-12-15-7-4-3-5-8-15/h3-11,13-14H,12H2,1-2H3,(H2,23,29)(H,26,30)(H2,24,25,27,28). The molecule has 3 rings (SSSR count). The highest BCUT2D eigenvalue weighted by molar-refractivity contribution is 5.97. The Morgan fingerprint density at radius 3 is 2.55 bits per heavy atom. The Labute approximate surface area is 180 Å². The molecule has 0 bridgehead atoms. The van der Waals surface area contributed by atoms with Crippen LogP contribution in [0.25, 0.3) is 0 Å². The number of hydrogen-bond donors (Lipinski definition) is 4. The molecule has 0 saturated carbocycles. The van der Waals surface area contributed by atoms with Crippen LogP contribution in [0.15, 0.2) is 60.8 Å². The Morgan fingerprint density at radius 1 is 1.10 bits per heavy atom. The van der Waals surface area contributed by atoms with Crippen molar-refractivity contribution in [1.29, 1.82) is 0 Å². The number of nitrogens with two attached hydrogens (primary N) is 1. The van der Waals surface area contributed by atoms with Gasteiger partial charge >= 0.3 is 0 Å². The van der Waals surface area contributed by atoms with E-state index in [1.165, 1.54) is 13.3 Å². The number of carbonyl (C=O) groups is 2. The van der Waals surface area contributed by atoms with E-state index in [2.05, 4.69) is 25.9 Å². The molecule has 0 spiro atoms. The molecule has 3 aromatic rings. The maximum absolute atomic E-state index is 12.0. The Morgan fingerprint density at radius 2 is 1.84 bits per heavy atom. The molecule has 9 heteroatoms. The summed E-state index contributed by atoms with van der Waals surface area (Å²) >= 11 is 0. The molecule has 0 radical (unpaired) electrons. The summed E-state index contributed by atoms with van der Waals surface area (Å²) in [6.45, 7) is 2.13. The van der Waals surface area contributed by atoms with E-state index in [9.17, 15) is 9.59 Å². The summed E-state index contributed by atoms with van der Waals surface area (Å²) in [6, 6.07) is 16.8. The van der Waals surface area contributed by atoms with Crippen LogP contribution >= 0.6 is 0 Å². The van der Waals surface area contributed by atoms with E-state index in [0.717, 1.165) is 5.56 Å². The molecule has 0 aliphatic carbocycles. The van der Waals surface area contributed by atoms with Crippen molar-refractivity contribution < 1.29 is 14.3 Å². The minimum atomic E-state index is -0.626. The second-order valence-electron chi connectivity index (χ2n) is 6.73. The van der Waals surface area contributed by atoms with Crippen LogP contribution in [0.1, 0.15) is 22.8 Å². The van der Waals surface area contributed by atoms with E-state index in [0.29, 0.717) is 23.7 Å². The van der Waals surface area contributed by atoms with E-state index in [1.54, 1.807) is 31.2 Å². The first-order valence-corrected chi connectivity index (χ1v) is 9.61. The number of anilines is 4. The number of nitrogens with one attached hydrogen (secondary N) is 3. The average molecular weight is 420 g/mol. The van der Waals surface area contributed by atoms with Crippen LogP contribution < -0.4 is 21.7 Å². The topological polar surface area (TPSA) is 131 Å². The number of amides is 2. The second kappa shape index (κ2) is 10.2. The zero-order valence-corrected chi connectivity index (χ0v) is 17.3. The van der Waals surface area contributed by atoms with Gasteiger partial charge in [0.25, 0.3) is 11.8 Å². The van der Waals surface area contributed by atoms with Gasteiger partial charge in [-0.1, -0.05) is 36.4 Å². The summed E-state index contributed by atoms with van der Waals surface area (Å²) in [5.74, 6) is -0.283. The Balaban J connectivity index is 1.76. The van der Waals surface area contributed by atoms with Crippen molar-refractivity contribution in [2.75, 3.05) is 23.1 Å². The molecule has 5 N–H and O–H groups in total. The van der Waals surface area contributed by atoms with Gasteiger partial charge in [0, 0.05) is 31.2 Å². The van der Waals surface area contributed by atoms with Crippen molar-refractivity contribution in [3.63, 3.8) is 0 Å². The predicted octanol–water partition coefficient (Wildman–Crippen LogP) is 2.90. The van der Waals surface area contributed by atoms with Crippen LogP contribution in [0.5, 0.6) is 0 Å². The van der Waals surface area contributed by atoms with Gasteiger partial charge in [-0.2, -0.15) is 4.98 Å². The normalized spacial score (nSPS) is 11.4. The highest BCUT2D eigenvalue weighted by atomic mass is 16.5. The highest BCUT2D eigenvalue weighted by Crippen LogP contribution is 2.21. The summed E-state index contributed by atoms with van der Waals surface area (Å²) in [5, 5.41) is 8.97. The lowest BCUT2D eigenvalue weighted by Gasteiger charge is -2.13. The SMILES string of the molecule is COC(C)C(=O)Nc1cccc(Nc2ncc(C(N)=O)c(NCc3ccccc3)n2)c1. The van der Waals surface area contributed by atoms with Gasteiger partial charge in [-0.25, -0.2) is 4.98 Å². The van der Waals surface area contributed by atoms with E-state index >= 15 is 0 Å². The van der Waals surface area contributed by atoms with Gasteiger partial charge in [0.15, 0.2) is 0 Å². The molecular weight excluding hydrogens is 396 g/mol. The minimum absolute atomic E-state index is 0.191. The summed E-state index contributed by atoms with van der Waals surface area (Å²) in [7, 11) is 1.47. The van der Waals surface area contributed by atoms with Crippen molar-refractivity contribution in [2.45, 2.75) is 19.6 Å². The molecular formula is C22H24N6O3. The highest BCUT2D eigenvalue weighted by Gasteiger charge is 2.14. The number of methoxy groups -OCH3 is 1. The first-order chi connectivity index (χ1) is 15.0. The van der Waals surface area contributed by atoms with Gasteiger partial charge in [-0.05, 0) is 30.7 Å². The van der Waals surface area contributed by atoms with Gasteiger partial charge in [0.2, 0.25) is 5.95 Å². The lowest BCUT2D eigenvalue weighted by molar-refractivity contribution is -0.124. The van der Waals surface area contributed by atoms with E-state index in [-0.39, 0.29) is 17.4 Å². The number of ether oxygens (including phenoxy) is 1. The van der Waals surface area contributed by atoms with Gasteiger partial charge in [0.1, 0.15) is 11.9 Å². The molecule has 0 fully saturated rings. The number of rotatable bonds is 9. The summed E-state index contributed by atoms with van der Waals surface area (Å²) in [6.07, 6.45) is 0.802. The second-order valence-corrected chi connectivity index (χ2v) is 6.73. The van der Waals surface area contributed by atoms with Crippen LogP contribution in [0, 0.1) is 0 Å². The van der Waals surface area contributed by atoms with Crippen LogP contribution in [0.4, 0.5) is 23.1 Å². The maximum Gasteiger partial charge on any atom is 0.254 e. The largest absolute Gasteiger partial charge is 0.372 e. The molecule has 0 aliphatic heterocycles. The van der Waals surface area contributed by atoms with Crippen LogP contribution in [0.2, 0.25) is 0 Å². The lowest BCUT2D eigenvalue weighted by atomic mass is 10.2. The molecule has 1 heterocycles. The third-order valence-electron chi connectivity index (χ3n) is 4.47. The Kier molecular flexibility index (Phi) is 7.13. The van der Waals surface area contributed by atoms with Crippen molar-refractivity contribution in [1.82, 2.24) is 9.97 Å². The fourth-order valence-corrected chi connectivity index (χ4v) is 2.69. The zero-order chi connectivity index (χ0) is 22.2. The van der Waals surface area contributed by atoms with Gasteiger partial charge in [-0.3, -0.25) is 9.59 Å². The molecule has 0 saturated heterocycles. The van der Waals surface area contributed by atoms with Gasteiger partial charge in [0.05, 0.1) is 5.56 Å². The third kappa shape index (κ3) is 6.00. The maximum atomic E-state index is 12.0. The van der Waals surface area contributed by atoms with Crippen LogP contribution in [-0.4, -0.2) is 35.0 Å². The molecule has 1 unspecified atom stereocenters. The van der Waals surface area contributed by atoms with Crippen molar-refractivity contribution in [2.24, 2.45) is 5.73 Å². The van der Waals surface area contributed by atoms with Crippen LogP contribution in [0.3, 0.4) is 0 Å². The average Bonchev–Trinajstić information content (AvgIpc) is 2.78. The monoisotopic (exact) mass is 420 g/mol. The summed E-state index contributed by atoms with van der Waals surface area (Å²) in [4.78, 5) is 32.3. The van der Waals surface area contributed by atoms with Gasteiger partial charge in [-0.15, -0.1) is 0 Å². The van der Waals surface area contributed by atoms with Gasteiger partial charge < -0.3 is 26.4 Å². The van der Waals surface area contributed by atoms with Crippen molar-refractivity contribution in [3.05, 3.63) is 71.9 Å². The number of hydrogen-bond acceptors (Lipinski definition) is 7. The first-order valence-electron chi connectivity index (χ1n) is 9.61. The first kappa shape index (κ1) is 21.7. The molecule has 160 valence electrons. The molecule has 9 nitrogen and oxygen atoms in total. The molecule has 0 aliphatic rings. The van der Waals surface area contributed by atoms with E-state index in [4.69, 9.17) is 10.5 Å². The fraction of sp³-hybridized carbons (Fsp3) is 0.182. The Hall–Kier alpha value is -3.98. The summed E-state index contributed by atoms with van der Waals surface area (Å²) in [5.41, 5.74) is 7.93. The predicted molar refractivity (Wildman–Crippen MR) is 119 cm³/mol. The Bertz CT molecular complexity index is 1060. The lowest BCUT2D eigenvalue weighted by Crippen LogP contribution is -2.26. The number of carbonyl (C=O) groups excluding carboxylic acids is 2. The van der Waals surface area contributed by atoms with Crippen molar-refractivity contribution >= 4 is 35.0 Å². The van der Waals surface area contributed by atoms with Crippen LogP contribution in [-0.2, 0) is 16.1 Å². The minimum Gasteiger partial charge on any atom is -0.372 e. The molecule has 1 aromatic heterocycles. The molecule has 31 heavy (non-hydrogen) atoms. The molecule has 1 atom stereocenters. The van der Waals surface area contributed by atoms with E-state index in [1.807, 2.05) is 30.3 Å². The molecule has 2 aromatic carbocycles. The van der Waals surface area contributed by atoms with Crippen molar-refractivity contribution in [3.8, 4) is 0 Å². The number of aromatic nitrogens is 2. The number of nitrogens with zero attached hydrogens (tertiary/aromatic N) is 2.